The number of halogens is 1. The summed E-state index contributed by atoms with van der Waals surface area (Å²) >= 11 is 0. The summed E-state index contributed by atoms with van der Waals surface area (Å²) in [7, 11) is 0. The summed E-state index contributed by atoms with van der Waals surface area (Å²) in [5.74, 6) is 1.58. The smallest absolute Gasteiger partial charge is 0.238 e. The van der Waals surface area contributed by atoms with Crippen LogP contribution in [0.2, 0.25) is 0 Å². The van der Waals surface area contributed by atoms with E-state index in [1.165, 1.54) is 5.56 Å². The molecule has 4 heteroatoms. The lowest BCUT2D eigenvalue weighted by Gasteiger charge is -2.23. The lowest BCUT2D eigenvalue weighted by molar-refractivity contribution is 0.0678. The summed E-state index contributed by atoms with van der Waals surface area (Å²) in [6, 6.07) is 12.0. The van der Waals surface area contributed by atoms with Crippen LogP contribution in [0.25, 0.3) is 0 Å². The quantitative estimate of drug-likeness (QED) is 0.836. The third-order valence-corrected chi connectivity index (χ3v) is 5.02. The molecule has 0 amide bonds. The van der Waals surface area contributed by atoms with Gasteiger partial charge in [-0.25, -0.2) is 4.39 Å². The van der Waals surface area contributed by atoms with Crippen molar-refractivity contribution in [2.24, 2.45) is 0 Å². The van der Waals surface area contributed by atoms with Crippen LogP contribution in [0.5, 0.6) is 11.5 Å². The van der Waals surface area contributed by atoms with Gasteiger partial charge in [0.25, 0.3) is 0 Å². The third kappa shape index (κ3) is 2.86. The number of ether oxygens (including phenoxy) is 2. The van der Waals surface area contributed by atoms with Crippen LogP contribution in [0.1, 0.15) is 37.0 Å². The second kappa shape index (κ2) is 6.10. The van der Waals surface area contributed by atoms with Gasteiger partial charge in [-0.1, -0.05) is 18.2 Å². The molecule has 2 aliphatic rings. The average Bonchev–Trinajstić information content (AvgIpc) is 3.15. The van der Waals surface area contributed by atoms with E-state index in [2.05, 4.69) is 24.0 Å². The van der Waals surface area contributed by atoms with Crippen molar-refractivity contribution in [3.05, 3.63) is 58.9 Å². The zero-order valence-electron chi connectivity index (χ0n) is 14.1. The van der Waals surface area contributed by atoms with Gasteiger partial charge >= 0.3 is 0 Å². The van der Waals surface area contributed by atoms with E-state index in [0.29, 0.717) is 12.6 Å². The Morgan fingerprint density at radius 2 is 2.00 bits per heavy atom. The SMILES string of the molecule is CC1Oc2ccc(CC[C@@H](C)N3Cc4cccc(F)c4C3)cc2O1. The van der Waals surface area contributed by atoms with Gasteiger partial charge in [-0.15, -0.1) is 0 Å². The Morgan fingerprint density at radius 1 is 1.17 bits per heavy atom. The van der Waals surface area contributed by atoms with Crippen LogP contribution >= 0.6 is 0 Å². The summed E-state index contributed by atoms with van der Waals surface area (Å²) in [6.07, 6.45) is 1.80. The number of nitrogens with zero attached hydrogens (tertiary/aromatic N) is 1. The Bertz CT molecular complexity index is 761. The van der Waals surface area contributed by atoms with E-state index >= 15 is 0 Å². The molecule has 2 atom stereocenters. The third-order valence-electron chi connectivity index (χ3n) is 5.02. The molecule has 2 aromatic rings. The first-order valence-corrected chi connectivity index (χ1v) is 8.56. The normalized spacial score (nSPS) is 20.2. The van der Waals surface area contributed by atoms with Crippen molar-refractivity contribution in [2.75, 3.05) is 0 Å². The maximum absolute atomic E-state index is 13.9. The second-order valence-corrected chi connectivity index (χ2v) is 6.75. The highest BCUT2D eigenvalue weighted by molar-refractivity contribution is 5.45. The van der Waals surface area contributed by atoms with Crippen molar-refractivity contribution in [3.63, 3.8) is 0 Å². The zero-order chi connectivity index (χ0) is 16.7. The monoisotopic (exact) mass is 327 g/mol. The lowest BCUT2D eigenvalue weighted by atomic mass is 10.0. The van der Waals surface area contributed by atoms with Crippen LogP contribution in [0, 0.1) is 5.82 Å². The van der Waals surface area contributed by atoms with Crippen molar-refractivity contribution in [1.29, 1.82) is 0 Å². The molecule has 2 aromatic carbocycles. The number of benzene rings is 2. The maximum Gasteiger partial charge on any atom is 0.238 e. The fourth-order valence-electron chi connectivity index (χ4n) is 3.56. The molecule has 0 aromatic heterocycles. The van der Waals surface area contributed by atoms with E-state index < -0.39 is 0 Å². The number of hydrogen-bond donors (Lipinski definition) is 0. The van der Waals surface area contributed by atoms with Gasteiger partial charge in [0.1, 0.15) is 5.82 Å². The van der Waals surface area contributed by atoms with Gasteiger partial charge in [-0.3, -0.25) is 4.90 Å². The highest BCUT2D eigenvalue weighted by Crippen LogP contribution is 2.35. The first kappa shape index (κ1) is 15.5. The Labute approximate surface area is 142 Å². The molecule has 4 rings (SSSR count). The molecule has 0 bridgehead atoms. The maximum atomic E-state index is 13.9. The molecule has 0 spiro atoms. The van der Waals surface area contributed by atoms with Crippen LogP contribution in [0.3, 0.4) is 0 Å². The van der Waals surface area contributed by atoms with Crippen LogP contribution < -0.4 is 9.47 Å². The molecule has 0 fully saturated rings. The average molecular weight is 327 g/mol. The largest absolute Gasteiger partial charge is 0.451 e. The van der Waals surface area contributed by atoms with Gasteiger partial charge in [0.05, 0.1) is 0 Å². The summed E-state index contributed by atoms with van der Waals surface area (Å²) in [6.45, 7) is 5.67. The Balaban J connectivity index is 1.37. The van der Waals surface area contributed by atoms with Crippen LogP contribution in [0.4, 0.5) is 4.39 Å². The minimum atomic E-state index is -0.202. The van der Waals surface area contributed by atoms with Crippen LogP contribution in [0.15, 0.2) is 36.4 Å². The lowest BCUT2D eigenvalue weighted by Crippen LogP contribution is -2.28. The van der Waals surface area contributed by atoms with Gasteiger partial charge in [0.2, 0.25) is 6.29 Å². The molecule has 0 saturated heterocycles. The van der Waals surface area contributed by atoms with Crippen LogP contribution in [-0.2, 0) is 19.5 Å². The van der Waals surface area contributed by atoms with Crippen molar-refractivity contribution in [3.8, 4) is 11.5 Å². The number of fused-ring (bicyclic) bond motifs is 2. The molecule has 0 radical (unpaired) electrons. The van der Waals surface area contributed by atoms with Crippen LogP contribution in [-0.4, -0.2) is 17.2 Å². The molecule has 1 unspecified atom stereocenters. The molecule has 2 aliphatic heterocycles. The second-order valence-electron chi connectivity index (χ2n) is 6.75. The van der Waals surface area contributed by atoms with Gasteiger partial charge in [0, 0.05) is 31.6 Å². The minimum absolute atomic E-state index is 0.0768. The number of hydrogen-bond acceptors (Lipinski definition) is 3. The highest BCUT2D eigenvalue weighted by atomic mass is 19.1. The van der Waals surface area contributed by atoms with Gasteiger partial charge < -0.3 is 9.47 Å². The van der Waals surface area contributed by atoms with E-state index in [0.717, 1.165) is 42.0 Å². The van der Waals surface area contributed by atoms with E-state index in [-0.39, 0.29) is 12.1 Å². The molecular formula is C20H22FNO2. The first-order chi connectivity index (χ1) is 11.6. The highest BCUT2D eigenvalue weighted by Gasteiger charge is 2.25. The Hall–Kier alpha value is -2.07. The van der Waals surface area contributed by atoms with E-state index in [4.69, 9.17) is 9.47 Å². The van der Waals surface area contributed by atoms with Gasteiger partial charge in [-0.05, 0) is 49.1 Å². The predicted molar refractivity (Wildman–Crippen MR) is 90.6 cm³/mol. The number of aryl methyl sites for hydroxylation is 1. The molecular weight excluding hydrogens is 305 g/mol. The molecule has 24 heavy (non-hydrogen) atoms. The van der Waals surface area contributed by atoms with Crippen molar-refractivity contribution in [2.45, 2.75) is 52.1 Å². The van der Waals surface area contributed by atoms with E-state index in [1.54, 1.807) is 12.1 Å². The van der Waals surface area contributed by atoms with Crippen molar-refractivity contribution < 1.29 is 13.9 Å². The summed E-state index contributed by atoms with van der Waals surface area (Å²) in [5, 5.41) is 0. The minimum Gasteiger partial charge on any atom is -0.451 e. The van der Waals surface area contributed by atoms with Crippen molar-refractivity contribution >= 4 is 0 Å². The van der Waals surface area contributed by atoms with Gasteiger partial charge in [-0.2, -0.15) is 0 Å². The molecule has 0 saturated carbocycles. The fraction of sp³-hybridized carbons (Fsp3) is 0.400. The van der Waals surface area contributed by atoms with E-state index in [9.17, 15) is 4.39 Å². The topological polar surface area (TPSA) is 21.7 Å². The fourth-order valence-corrected chi connectivity index (χ4v) is 3.56. The molecule has 3 nitrogen and oxygen atoms in total. The molecule has 126 valence electrons. The molecule has 0 N–H and O–H groups in total. The first-order valence-electron chi connectivity index (χ1n) is 8.56. The zero-order valence-corrected chi connectivity index (χ0v) is 14.1. The Kier molecular flexibility index (Phi) is 3.93. The summed E-state index contributed by atoms with van der Waals surface area (Å²) in [5.41, 5.74) is 3.24. The van der Waals surface area contributed by atoms with Gasteiger partial charge in [0.15, 0.2) is 11.5 Å². The summed E-state index contributed by atoms with van der Waals surface area (Å²) in [4.78, 5) is 2.35. The Morgan fingerprint density at radius 3 is 2.83 bits per heavy atom. The van der Waals surface area contributed by atoms with E-state index in [1.807, 2.05) is 19.1 Å². The molecule has 2 heterocycles. The standard InChI is InChI=1S/C20H22FNO2/c1-13(22-11-16-4-3-5-18(21)17(16)12-22)6-7-15-8-9-19-20(10-15)24-14(2)23-19/h3-5,8-10,13-14H,6-7,11-12H2,1-2H3/t13-,14?/m1/s1. The number of rotatable bonds is 4. The summed E-state index contributed by atoms with van der Waals surface area (Å²) < 4.78 is 25.1. The predicted octanol–water partition coefficient (Wildman–Crippen LogP) is 4.28. The van der Waals surface area contributed by atoms with Crippen molar-refractivity contribution in [1.82, 2.24) is 4.90 Å². The molecule has 0 aliphatic carbocycles.